The van der Waals surface area contributed by atoms with Crippen LogP contribution in [0.2, 0.25) is 0 Å². The van der Waals surface area contributed by atoms with Crippen molar-refractivity contribution in [2.45, 2.75) is 43.5 Å². The van der Waals surface area contributed by atoms with Gasteiger partial charge in [-0.25, -0.2) is 0 Å². The third-order valence-electron chi connectivity index (χ3n) is 2.91. The highest BCUT2D eigenvalue weighted by molar-refractivity contribution is 9.08. The Balaban J connectivity index is 2.28. The Bertz CT molecular complexity index is 349. The van der Waals surface area contributed by atoms with Crippen LogP contribution in [0.15, 0.2) is 5.38 Å². The Labute approximate surface area is 96.6 Å². The SMILES string of the molecule is N=c1scc(CBr)n1C1CCCCC1. The van der Waals surface area contributed by atoms with E-state index in [1.54, 1.807) is 11.3 Å². The molecule has 78 valence electrons. The van der Waals surface area contributed by atoms with Gasteiger partial charge in [-0.3, -0.25) is 5.41 Å². The summed E-state index contributed by atoms with van der Waals surface area (Å²) in [6.45, 7) is 0. The van der Waals surface area contributed by atoms with Gasteiger partial charge in [-0.05, 0) is 12.8 Å². The molecule has 1 N–H and O–H groups in total. The zero-order valence-electron chi connectivity index (χ0n) is 8.13. The van der Waals surface area contributed by atoms with E-state index in [0.29, 0.717) is 10.8 Å². The summed E-state index contributed by atoms with van der Waals surface area (Å²) in [6.07, 6.45) is 6.54. The summed E-state index contributed by atoms with van der Waals surface area (Å²) in [5.74, 6) is 0. The second-order valence-electron chi connectivity index (χ2n) is 3.83. The van der Waals surface area contributed by atoms with Crippen LogP contribution in [0.5, 0.6) is 0 Å². The molecule has 4 heteroatoms. The quantitative estimate of drug-likeness (QED) is 0.801. The van der Waals surface area contributed by atoms with Crippen molar-refractivity contribution in [3.05, 3.63) is 15.9 Å². The van der Waals surface area contributed by atoms with Gasteiger partial charge in [0.2, 0.25) is 0 Å². The van der Waals surface area contributed by atoms with E-state index in [1.807, 2.05) is 0 Å². The molecule has 1 aromatic heterocycles. The summed E-state index contributed by atoms with van der Waals surface area (Å²) in [5.41, 5.74) is 1.27. The second-order valence-corrected chi connectivity index (χ2v) is 5.25. The van der Waals surface area contributed by atoms with Crippen molar-refractivity contribution in [2.75, 3.05) is 0 Å². The molecule has 2 rings (SSSR count). The van der Waals surface area contributed by atoms with Gasteiger partial charge in [0.25, 0.3) is 0 Å². The highest BCUT2D eigenvalue weighted by atomic mass is 79.9. The van der Waals surface area contributed by atoms with Crippen molar-refractivity contribution in [1.29, 1.82) is 5.41 Å². The first-order valence-corrected chi connectivity index (χ1v) is 7.12. The van der Waals surface area contributed by atoms with Crippen LogP contribution in [0, 0.1) is 5.41 Å². The largest absolute Gasteiger partial charge is 0.317 e. The third kappa shape index (κ3) is 1.96. The van der Waals surface area contributed by atoms with Gasteiger partial charge in [-0.15, -0.1) is 11.3 Å². The molecule has 0 saturated heterocycles. The van der Waals surface area contributed by atoms with Gasteiger partial charge in [-0.2, -0.15) is 0 Å². The van der Waals surface area contributed by atoms with Gasteiger partial charge in [-0.1, -0.05) is 35.2 Å². The van der Waals surface area contributed by atoms with Gasteiger partial charge in [0.05, 0.1) is 0 Å². The summed E-state index contributed by atoms with van der Waals surface area (Å²) in [5, 5.41) is 10.9. The lowest BCUT2D eigenvalue weighted by Crippen LogP contribution is -2.23. The summed E-state index contributed by atoms with van der Waals surface area (Å²) in [7, 11) is 0. The standard InChI is InChI=1S/C10H15BrN2S/c11-6-9-7-14-10(12)13(9)8-4-2-1-3-5-8/h7-8,12H,1-6H2. The number of alkyl halides is 1. The fraction of sp³-hybridized carbons (Fsp3) is 0.700. The van der Waals surface area contributed by atoms with Gasteiger partial charge in [0, 0.05) is 22.4 Å². The number of aromatic nitrogens is 1. The van der Waals surface area contributed by atoms with Crippen LogP contribution in [0.4, 0.5) is 0 Å². The zero-order chi connectivity index (χ0) is 9.97. The topological polar surface area (TPSA) is 28.8 Å². The molecule has 0 atom stereocenters. The molecule has 1 aliphatic rings. The minimum atomic E-state index is 0.593. The molecule has 2 nitrogen and oxygen atoms in total. The van der Waals surface area contributed by atoms with Crippen molar-refractivity contribution in [3.8, 4) is 0 Å². The van der Waals surface area contributed by atoms with Gasteiger partial charge < -0.3 is 4.57 Å². The van der Waals surface area contributed by atoms with Gasteiger partial charge in [0.15, 0.2) is 4.80 Å². The number of nitrogens with zero attached hydrogens (tertiary/aromatic N) is 1. The van der Waals surface area contributed by atoms with Crippen molar-refractivity contribution < 1.29 is 0 Å². The zero-order valence-corrected chi connectivity index (χ0v) is 10.5. The molecule has 0 amide bonds. The average molecular weight is 275 g/mol. The first-order valence-electron chi connectivity index (χ1n) is 5.12. The third-order valence-corrected chi connectivity index (χ3v) is 4.30. The molecule has 1 saturated carbocycles. The summed E-state index contributed by atoms with van der Waals surface area (Å²) in [6, 6.07) is 0.593. The van der Waals surface area contributed by atoms with E-state index in [4.69, 9.17) is 5.41 Å². The van der Waals surface area contributed by atoms with Gasteiger partial charge in [0.1, 0.15) is 0 Å². The van der Waals surface area contributed by atoms with Crippen molar-refractivity contribution in [3.63, 3.8) is 0 Å². The molecular formula is C10H15BrN2S. The molecule has 0 radical (unpaired) electrons. The molecule has 0 bridgehead atoms. The Kier molecular flexibility index (Phi) is 3.44. The van der Waals surface area contributed by atoms with E-state index in [1.165, 1.54) is 37.8 Å². The van der Waals surface area contributed by atoms with E-state index < -0.39 is 0 Å². The molecule has 1 heterocycles. The maximum atomic E-state index is 7.89. The Morgan fingerprint density at radius 3 is 2.79 bits per heavy atom. The smallest absolute Gasteiger partial charge is 0.182 e. The fourth-order valence-electron chi connectivity index (χ4n) is 2.20. The van der Waals surface area contributed by atoms with Crippen LogP contribution in [0.3, 0.4) is 0 Å². The molecule has 1 aromatic rings. The fourth-order valence-corrected chi connectivity index (χ4v) is 3.67. The number of nitrogens with one attached hydrogen (secondary N) is 1. The van der Waals surface area contributed by atoms with E-state index in [2.05, 4.69) is 25.9 Å². The predicted molar refractivity (Wildman–Crippen MR) is 62.9 cm³/mol. The average Bonchev–Trinajstić information content (AvgIpc) is 2.61. The predicted octanol–water partition coefficient (Wildman–Crippen LogP) is 3.43. The number of hydrogen-bond acceptors (Lipinski definition) is 2. The van der Waals surface area contributed by atoms with Crippen LogP contribution >= 0.6 is 27.3 Å². The minimum absolute atomic E-state index is 0.593. The Morgan fingerprint density at radius 2 is 2.14 bits per heavy atom. The summed E-state index contributed by atoms with van der Waals surface area (Å²) in [4.78, 5) is 0.714. The van der Waals surface area contributed by atoms with Crippen LogP contribution in [-0.2, 0) is 5.33 Å². The molecule has 1 fully saturated rings. The summed E-state index contributed by atoms with van der Waals surface area (Å²) >= 11 is 5.04. The number of hydrogen-bond donors (Lipinski definition) is 1. The van der Waals surface area contributed by atoms with Crippen LogP contribution in [-0.4, -0.2) is 4.57 Å². The van der Waals surface area contributed by atoms with E-state index in [-0.39, 0.29) is 0 Å². The van der Waals surface area contributed by atoms with Crippen LogP contribution < -0.4 is 4.80 Å². The maximum Gasteiger partial charge on any atom is 0.182 e. The molecule has 0 aliphatic heterocycles. The van der Waals surface area contributed by atoms with Crippen LogP contribution in [0.25, 0.3) is 0 Å². The number of halogens is 1. The normalized spacial score (nSPS) is 18.6. The minimum Gasteiger partial charge on any atom is -0.317 e. The van der Waals surface area contributed by atoms with E-state index in [9.17, 15) is 0 Å². The lowest BCUT2D eigenvalue weighted by atomic mass is 9.95. The number of rotatable bonds is 2. The Hall–Kier alpha value is -0.0900. The monoisotopic (exact) mass is 274 g/mol. The second kappa shape index (κ2) is 4.62. The maximum absolute atomic E-state index is 7.89. The van der Waals surface area contributed by atoms with E-state index >= 15 is 0 Å². The number of thiazole rings is 1. The molecule has 1 aliphatic carbocycles. The molecular weight excluding hydrogens is 260 g/mol. The van der Waals surface area contributed by atoms with Crippen molar-refractivity contribution in [2.24, 2.45) is 0 Å². The molecule has 0 aromatic carbocycles. The van der Waals surface area contributed by atoms with Crippen molar-refractivity contribution in [1.82, 2.24) is 4.57 Å². The Morgan fingerprint density at radius 1 is 1.43 bits per heavy atom. The van der Waals surface area contributed by atoms with E-state index in [0.717, 1.165) is 5.33 Å². The molecule has 0 unspecified atom stereocenters. The highest BCUT2D eigenvalue weighted by Gasteiger charge is 2.18. The highest BCUT2D eigenvalue weighted by Crippen LogP contribution is 2.28. The lowest BCUT2D eigenvalue weighted by Gasteiger charge is -2.24. The molecule has 0 spiro atoms. The van der Waals surface area contributed by atoms with Gasteiger partial charge >= 0.3 is 0 Å². The van der Waals surface area contributed by atoms with Crippen molar-refractivity contribution >= 4 is 27.3 Å². The van der Waals surface area contributed by atoms with Crippen LogP contribution in [0.1, 0.15) is 43.8 Å². The first kappa shape index (κ1) is 10.4. The lowest BCUT2D eigenvalue weighted by molar-refractivity contribution is 0.342. The molecule has 14 heavy (non-hydrogen) atoms. The first-order chi connectivity index (χ1) is 6.83. The summed E-state index contributed by atoms with van der Waals surface area (Å²) < 4.78 is 2.22.